The maximum atomic E-state index is 13.7. The van der Waals surface area contributed by atoms with Crippen LogP contribution < -0.4 is 10.6 Å². The number of aromatic nitrogens is 2. The average Bonchev–Trinajstić information content (AvgIpc) is 2.59. The number of ketones is 1. The lowest BCUT2D eigenvalue weighted by atomic mass is 10.1. The molecule has 0 aliphatic carbocycles. The topological polar surface area (TPSA) is 66.9 Å². The lowest BCUT2D eigenvalue weighted by Gasteiger charge is -2.10. The Bertz CT molecular complexity index is 893. The van der Waals surface area contributed by atoms with Gasteiger partial charge in [0.25, 0.3) is 0 Å². The van der Waals surface area contributed by atoms with Crippen molar-refractivity contribution in [3.05, 3.63) is 72.1 Å². The van der Waals surface area contributed by atoms with Gasteiger partial charge in [0.15, 0.2) is 5.78 Å². The number of para-hydroxylation sites is 1. The Morgan fingerprint density at radius 1 is 0.920 bits per heavy atom. The van der Waals surface area contributed by atoms with Crippen LogP contribution in [0.25, 0.3) is 0 Å². The summed E-state index contributed by atoms with van der Waals surface area (Å²) in [6, 6.07) is 12.0. The van der Waals surface area contributed by atoms with E-state index in [-0.39, 0.29) is 17.3 Å². The van der Waals surface area contributed by atoms with Crippen LogP contribution in [0.1, 0.15) is 17.3 Å². The number of carbonyl (C=O) groups is 1. The molecule has 1 aromatic heterocycles. The van der Waals surface area contributed by atoms with Gasteiger partial charge in [-0.25, -0.2) is 18.7 Å². The smallest absolute Gasteiger partial charge is 0.159 e. The van der Waals surface area contributed by atoms with Crippen molar-refractivity contribution in [2.45, 2.75) is 6.92 Å². The SMILES string of the molecule is CC(=O)c1ccc(Nc2cc(Nc3c(F)cccc3F)ncn2)cc1. The maximum absolute atomic E-state index is 13.7. The number of benzene rings is 2. The summed E-state index contributed by atoms with van der Waals surface area (Å²) in [4.78, 5) is 19.3. The van der Waals surface area contributed by atoms with Crippen LogP contribution in [0.5, 0.6) is 0 Å². The zero-order valence-electron chi connectivity index (χ0n) is 13.3. The van der Waals surface area contributed by atoms with Crippen LogP contribution in [-0.4, -0.2) is 15.8 Å². The van der Waals surface area contributed by atoms with Crippen LogP contribution in [0.15, 0.2) is 54.9 Å². The Balaban J connectivity index is 1.78. The Hall–Kier alpha value is -3.35. The van der Waals surface area contributed by atoms with Crippen LogP contribution in [-0.2, 0) is 0 Å². The first-order valence-electron chi connectivity index (χ1n) is 7.44. The van der Waals surface area contributed by atoms with Gasteiger partial charge in [-0.05, 0) is 43.3 Å². The molecular weight excluding hydrogens is 326 g/mol. The van der Waals surface area contributed by atoms with Crippen molar-refractivity contribution >= 4 is 28.8 Å². The van der Waals surface area contributed by atoms with Gasteiger partial charge in [-0.3, -0.25) is 4.79 Å². The van der Waals surface area contributed by atoms with Crippen LogP contribution >= 0.6 is 0 Å². The summed E-state index contributed by atoms with van der Waals surface area (Å²) in [5, 5.41) is 5.64. The second-order valence-corrected chi connectivity index (χ2v) is 5.27. The minimum absolute atomic E-state index is 0.0213. The normalized spacial score (nSPS) is 10.4. The van der Waals surface area contributed by atoms with Gasteiger partial charge in [0.05, 0.1) is 0 Å². The fourth-order valence-corrected chi connectivity index (χ4v) is 2.18. The van der Waals surface area contributed by atoms with E-state index in [0.29, 0.717) is 17.1 Å². The average molecular weight is 340 g/mol. The van der Waals surface area contributed by atoms with Crippen molar-refractivity contribution in [3.8, 4) is 0 Å². The zero-order valence-corrected chi connectivity index (χ0v) is 13.3. The predicted octanol–water partition coefficient (Wildman–Crippen LogP) is 4.44. The number of Topliss-reactive ketones (excluding diaryl/α,β-unsaturated/α-hetero) is 1. The lowest BCUT2D eigenvalue weighted by Crippen LogP contribution is -2.01. The van der Waals surface area contributed by atoms with E-state index in [9.17, 15) is 13.6 Å². The Labute approximate surface area is 142 Å². The molecule has 0 fully saturated rings. The standard InChI is InChI=1S/C18H14F2N4O/c1-11(25)12-5-7-13(8-6-12)23-16-9-17(22-10-21-16)24-18-14(19)3-2-4-15(18)20/h2-10H,1H3,(H2,21,22,23,24). The quantitative estimate of drug-likeness (QED) is 0.672. The molecule has 0 saturated carbocycles. The summed E-state index contributed by atoms with van der Waals surface area (Å²) in [7, 11) is 0. The van der Waals surface area contributed by atoms with E-state index in [1.807, 2.05) is 0 Å². The van der Waals surface area contributed by atoms with E-state index in [1.54, 1.807) is 24.3 Å². The fraction of sp³-hybridized carbons (Fsp3) is 0.0556. The lowest BCUT2D eigenvalue weighted by molar-refractivity contribution is 0.101. The molecule has 0 aliphatic rings. The third kappa shape index (κ3) is 3.95. The van der Waals surface area contributed by atoms with Crippen LogP contribution in [0, 0.1) is 11.6 Å². The van der Waals surface area contributed by atoms with Gasteiger partial charge in [0.2, 0.25) is 0 Å². The summed E-state index contributed by atoms with van der Waals surface area (Å²) in [6.07, 6.45) is 1.27. The summed E-state index contributed by atoms with van der Waals surface area (Å²) in [5.74, 6) is -0.778. The van der Waals surface area contributed by atoms with Gasteiger partial charge in [-0.15, -0.1) is 0 Å². The molecule has 0 amide bonds. The molecule has 7 heteroatoms. The number of rotatable bonds is 5. The van der Waals surface area contributed by atoms with Crippen molar-refractivity contribution in [1.29, 1.82) is 0 Å². The molecule has 0 radical (unpaired) electrons. The molecule has 2 aromatic carbocycles. The predicted molar refractivity (Wildman–Crippen MR) is 91.4 cm³/mol. The van der Waals surface area contributed by atoms with E-state index in [2.05, 4.69) is 20.6 Å². The second kappa shape index (κ2) is 7.04. The first kappa shape index (κ1) is 16.5. The molecule has 3 rings (SSSR count). The number of nitrogens with zero attached hydrogens (tertiary/aromatic N) is 2. The highest BCUT2D eigenvalue weighted by Gasteiger charge is 2.09. The van der Waals surface area contributed by atoms with Gasteiger partial charge in [-0.1, -0.05) is 6.07 Å². The summed E-state index contributed by atoms with van der Waals surface area (Å²) < 4.78 is 27.4. The number of carbonyl (C=O) groups excluding carboxylic acids is 1. The highest BCUT2D eigenvalue weighted by atomic mass is 19.1. The van der Waals surface area contributed by atoms with Gasteiger partial charge in [0, 0.05) is 17.3 Å². The molecule has 3 aromatic rings. The molecule has 0 unspecified atom stereocenters. The van der Waals surface area contributed by atoms with E-state index >= 15 is 0 Å². The van der Waals surface area contributed by atoms with Gasteiger partial charge >= 0.3 is 0 Å². The summed E-state index contributed by atoms with van der Waals surface area (Å²) in [6.45, 7) is 1.49. The third-order valence-corrected chi connectivity index (χ3v) is 3.45. The fourth-order valence-electron chi connectivity index (χ4n) is 2.18. The number of hydrogen-bond acceptors (Lipinski definition) is 5. The van der Waals surface area contributed by atoms with Crippen molar-refractivity contribution in [1.82, 2.24) is 9.97 Å². The van der Waals surface area contributed by atoms with Crippen LogP contribution in [0.2, 0.25) is 0 Å². The monoisotopic (exact) mass is 340 g/mol. The van der Waals surface area contributed by atoms with Crippen LogP contribution in [0.3, 0.4) is 0 Å². The van der Waals surface area contributed by atoms with Gasteiger partial charge < -0.3 is 10.6 Å². The second-order valence-electron chi connectivity index (χ2n) is 5.27. The highest BCUT2D eigenvalue weighted by molar-refractivity contribution is 5.94. The molecule has 0 spiro atoms. The minimum Gasteiger partial charge on any atom is -0.340 e. The van der Waals surface area contributed by atoms with E-state index in [4.69, 9.17) is 0 Å². The third-order valence-electron chi connectivity index (χ3n) is 3.45. The first-order valence-corrected chi connectivity index (χ1v) is 7.44. The van der Waals surface area contributed by atoms with Crippen molar-refractivity contribution < 1.29 is 13.6 Å². The minimum atomic E-state index is -0.715. The van der Waals surface area contributed by atoms with E-state index in [0.717, 1.165) is 12.1 Å². The molecule has 5 nitrogen and oxygen atoms in total. The molecule has 2 N–H and O–H groups in total. The van der Waals surface area contributed by atoms with Crippen molar-refractivity contribution in [2.75, 3.05) is 10.6 Å². The number of anilines is 4. The summed E-state index contributed by atoms with van der Waals surface area (Å²) >= 11 is 0. The number of nitrogens with one attached hydrogen (secondary N) is 2. The number of hydrogen-bond donors (Lipinski definition) is 2. The van der Waals surface area contributed by atoms with Crippen molar-refractivity contribution in [3.63, 3.8) is 0 Å². The molecule has 0 atom stereocenters. The molecule has 126 valence electrons. The molecule has 0 saturated heterocycles. The molecular formula is C18H14F2N4O. The van der Waals surface area contributed by atoms with Gasteiger partial charge in [-0.2, -0.15) is 0 Å². The Kier molecular flexibility index (Phi) is 4.65. The largest absolute Gasteiger partial charge is 0.340 e. The van der Waals surface area contributed by atoms with Crippen LogP contribution in [0.4, 0.5) is 31.8 Å². The first-order chi connectivity index (χ1) is 12.0. The number of halogens is 2. The maximum Gasteiger partial charge on any atom is 0.159 e. The van der Waals surface area contributed by atoms with Crippen molar-refractivity contribution in [2.24, 2.45) is 0 Å². The highest BCUT2D eigenvalue weighted by Crippen LogP contribution is 2.23. The molecule has 25 heavy (non-hydrogen) atoms. The van der Waals surface area contributed by atoms with E-state index in [1.165, 1.54) is 25.4 Å². The molecule has 1 heterocycles. The van der Waals surface area contributed by atoms with E-state index < -0.39 is 11.6 Å². The molecule has 0 aliphatic heterocycles. The zero-order chi connectivity index (χ0) is 17.8. The summed E-state index contributed by atoms with van der Waals surface area (Å²) in [5.41, 5.74) is 1.04. The van der Waals surface area contributed by atoms with Gasteiger partial charge in [0.1, 0.15) is 35.3 Å². The molecule has 0 bridgehead atoms. The Morgan fingerprint density at radius 2 is 1.52 bits per heavy atom. The Morgan fingerprint density at radius 3 is 2.12 bits per heavy atom.